The van der Waals surface area contributed by atoms with Gasteiger partial charge in [0.2, 0.25) is 5.91 Å². The molecule has 2 N–H and O–H groups in total. The van der Waals surface area contributed by atoms with Crippen molar-refractivity contribution in [3.63, 3.8) is 0 Å². The maximum Gasteiger partial charge on any atom is 0.337 e. The zero-order valence-corrected chi connectivity index (χ0v) is 14.1. The van der Waals surface area contributed by atoms with Crippen molar-refractivity contribution in [1.29, 1.82) is 0 Å². The minimum absolute atomic E-state index is 0.0290. The summed E-state index contributed by atoms with van der Waals surface area (Å²) in [4.78, 5) is 28.5. The normalized spacial score (nSPS) is 14.3. The summed E-state index contributed by atoms with van der Waals surface area (Å²) in [6, 6.07) is 9.04. The summed E-state index contributed by atoms with van der Waals surface area (Å²) in [6.07, 6.45) is 1.72. The van der Waals surface area contributed by atoms with E-state index in [1.807, 2.05) is 25.1 Å². The topological polar surface area (TPSA) is 80.3 Å². The summed E-state index contributed by atoms with van der Waals surface area (Å²) in [5.74, 6) is 0.665. The van der Waals surface area contributed by atoms with Gasteiger partial charge in [-0.3, -0.25) is 4.79 Å². The third-order valence-electron chi connectivity index (χ3n) is 3.72. The summed E-state index contributed by atoms with van der Waals surface area (Å²) in [5.41, 5.74) is 2.22. The van der Waals surface area contributed by atoms with E-state index >= 15 is 0 Å². The van der Waals surface area contributed by atoms with Crippen LogP contribution in [0.3, 0.4) is 0 Å². The lowest BCUT2D eigenvalue weighted by atomic mass is 10.1. The van der Waals surface area contributed by atoms with Crippen molar-refractivity contribution in [2.45, 2.75) is 17.9 Å². The summed E-state index contributed by atoms with van der Waals surface area (Å²) >= 11 is 1.50. The van der Waals surface area contributed by atoms with Crippen molar-refractivity contribution < 1.29 is 14.3 Å². The van der Waals surface area contributed by atoms with Crippen LogP contribution in [0.15, 0.2) is 41.4 Å². The van der Waals surface area contributed by atoms with Gasteiger partial charge >= 0.3 is 5.97 Å². The Kier molecular flexibility index (Phi) is 4.71. The number of anilines is 2. The second-order valence-corrected chi connectivity index (χ2v) is 6.37. The molecule has 1 aliphatic heterocycles. The molecule has 2 heterocycles. The molecule has 1 atom stereocenters. The van der Waals surface area contributed by atoms with Crippen LogP contribution in [0, 0.1) is 0 Å². The Morgan fingerprint density at radius 2 is 2.08 bits per heavy atom. The minimum Gasteiger partial charge on any atom is -0.465 e. The molecule has 1 unspecified atom stereocenters. The maximum absolute atomic E-state index is 11.6. The average molecular weight is 343 g/mol. The van der Waals surface area contributed by atoms with Crippen LogP contribution in [0.25, 0.3) is 0 Å². The van der Waals surface area contributed by atoms with E-state index in [0.717, 1.165) is 16.1 Å². The lowest BCUT2D eigenvalue weighted by Gasteiger charge is -2.22. The van der Waals surface area contributed by atoms with Crippen LogP contribution in [0.5, 0.6) is 0 Å². The molecule has 6 nitrogen and oxygen atoms in total. The van der Waals surface area contributed by atoms with Gasteiger partial charge < -0.3 is 15.4 Å². The van der Waals surface area contributed by atoms with E-state index in [9.17, 15) is 9.59 Å². The molecule has 0 spiro atoms. The van der Waals surface area contributed by atoms with Gasteiger partial charge in [0.15, 0.2) is 5.82 Å². The molecule has 0 saturated heterocycles. The third kappa shape index (κ3) is 3.35. The molecule has 1 amide bonds. The van der Waals surface area contributed by atoms with Gasteiger partial charge in [0.1, 0.15) is 0 Å². The first-order valence-corrected chi connectivity index (χ1v) is 8.43. The molecule has 0 saturated carbocycles. The molecular formula is C17H17N3O3S. The highest BCUT2D eigenvalue weighted by Crippen LogP contribution is 2.36. The molecule has 0 aliphatic carbocycles. The fraction of sp³-hybridized carbons (Fsp3) is 0.235. The molecule has 3 rings (SSSR count). The predicted molar refractivity (Wildman–Crippen MR) is 93.4 cm³/mol. The van der Waals surface area contributed by atoms with Gasteiger partial charge in [-0.05, 0) is 30.7 Å². The molecule has 1 aliphatic rings. The predicted octanol–water partition coefficient (Wildman–Crippen LogP) is 3.09. The SMILES string of the molecule is COC(=O)c1ccc(C(C)Nc2nccc3c2NC(=O)CS3)cc1. The van der Waals surface area contributed by atoms with E-state index in [-0.39, 0.29) is 17.9 Å². The Morgan fingerprint density at radius 1 is 1.33 bits per heavy atom. The standard InChI is InChI=1S/C17H17N3O3S/c1-10(11-3-5-12(6-4-11)17(22)23-2)19-16-15-13(7-8-18-16)24-9-14(21)20-15/h3-8,10H,9H2,1-2H3,(H,18,19)(H,20,21). The quantitative estimate of drug-likeness (QED) is 0.831. The number of aromatic nitrogens is 1. The van der Waals surface area contributed by atoms with Gasteiger partial charge in [-0.2, -0.15) is 0 Å². The van der Waals surface area contributed by atoms with E-state index in [1.165, 1.54) is 18.9 Å². The number of thioether (sulfide) groups is 1. The fourth-order valence-electron chi connectivity index (χ4n) is 2.43. The van der Waals surface area contributed by atoms with E-state index < -0.39 is 0 Å². The Hall–Kier alpha value is -2.54. The number of fused-ring (bicyclic) bond motifs is 1. The highest BCUT2D eigenvalue weighted by atomic mass is 32.2. The number of nitrogens with one attached hydrogen (secondary N) is 2. The van der Waals surface area contributed by atoms with Crippen LogP contribution in [0.4, 0.5) is 11.5 Å². The van der Waals surface area contributed by atoms with Gasteiger partial charge in [0, 0.05) is 11.1 Å². The molecule has 0 bridgehead atoms. The smallest absolute Gasteiger partial charge is 0.337 e. The zero-order valence-electron chi connectivity index (χ0n) is 13.3. The first kappa shape index (κ1) is 16.3. The monoisotopic (exact) mass is 343 g/mol. The van der Waals surface area contributed by atoms with Gasteiger partial charge in [-0.1, -0.05) is 12.1 Å². The number of ether oxygens (including phenoxy) is 1. The molecule has 1 aromatic heterocycles. The Bertz CT molecular complexity index is 777. The number of amides is 1. The first-order chi connectivity index (χ1) is 11.6. The molecule has 1 aromatic carbocycles. The van der Waals surface area contributed by atoms with Crippen molar-refractivity contribution >= 4 is 35.1 Å². The number of esters is 1. The maximum atomic E-state index is 11.6. The number of rotatable bonds is 4. The van der Waals surface area contributed by atoms with Crippen LogP contribution in [0.2, 0.25) is 0 Å². The number of benzene rings is 1. The van der Waals surface area contributed by atoms with Gasteiger partial charge in [-0.15, -0.1) is 11.8 Å². The van der Waals surface area contributed by atoms with Crippen LogP contribution in [0.1, 0.15) is 28.9 Å². The van der Waals surface area contributed by atoms with Gasteiger partial charge in [-0.25, -0.2) is 9.78 Å². The summed E-state index contributed by atoms with van der Waals surface area (Å²) in [5, 5.41) is 6.19. The number of hydrogen-bond acceptors (Lipinski definition) is 6. The van der Waals surface area contributed by atoms with Gasteiger partial charge in [0.25, 0.3) is 0 Å². The average Bonchev–Trinajstić information content (AvgIpc) is 2.61. The molecule has 2 aromatic rings. The second-order valence-electron chi connectivity index (χ2n) is 5.35. The molecule has 24 heavy (non-hydrogen) atoms. The zero-order chi connectivity index (χ0) is 17.1. The van der Waals surface area contributed by atoms with Crippen LogP contribution in [-0.4, -0.2) is 29.7 Å². The summed E-state index contributed by atoms with van der Waals surface area (Å²) in [7, 11) is 1.36. The van der Waals surface area contributed by atoms with Crippen molar-refractivity contribution in [1.82, 2.24) is 4.98 Å². The lowest BCUT2D eigenvalue weighted by molar-refractivity contribution is -0.113. The van der Waals surface area contributed by atoms with Crippen LogP contribution < -0.4 is 10.6 Å². The Balaban J connectivity index is 1.79. The molecule has 0 radical (unpaired) electrons. The number of hydrogen-bond donors (Lipinski definition) is 2. The van der Waals surface area contributed by atoms with Crippen molar-refractivity contribution in [2.24, 2.45) is 0 Å². The number of nitrogens with zero attached hydrogens (tertiary/aromatic N) is 1. The highest BCUT2D eigenvalue weighted by molar-refractivity contribution is 8.00. The first-order valence-electron chi connectivity index (χ1n) is 7.45. The molecule has 0 fully saturated rings. The Labute approximate surface area is 144 Å². The minimum atomic E-state index is -0.360. The van der Waals surface area contributed by atoms with E-state index in [2.05, 4.69) is 15.6 Å². The third-order valence-corrected chi connectivity index (χ3v) is 4.78. The fourth-order valence-corrected chi connectivity index (χ4v) is 3.24. The molecular weight excluding hydrogens is 326 g/mol. The highest BCUT2D eigenvalue weighted by Gasteiger charge is 2.20. The van der Waals surface area contributed by atoms with Crippen molar-refractivity contribution in [3.8, 4) is 0 Å². The number of methoxy groups -OCH3 is 1. The van der Waals surface area contributed by atoms with E-state index in [0.29, 0.717) is 17.1 Å². The van der Waals surface area contributed by atoms with E-state index in [4.69, 9.17) is 4.74 Å². The summed E-state index contributed by atoms with van der Waals surface area (Å²) < 4.78 is 4.70. The van der Waals surface area contributed by atoms with Crippen molar-refractivity contribution in [2.75, 3.05) is 23.5 Å². The molecule has 7 heteroatoms. The summed E-state index contributed by atoms with van der Waals surface area (Å²) in [6.45, 7) is 1.99. The number of carbonyl (C=O) groups is 2. The largest absolute Gasteiger partial charge is 0.465 e. The molecule has 124 valence electrons. The van der Waals surface area contributed by atoms with Crippen LogP contribution in [-0.2, 0) is 9.53 Å². The van der Waals surface area contributed by atoms with E-state index in [1.54, 1.807) is 18.3 Å². The lowest BCUT2D eigenvalue weighted by Crippen LogP contribution is -2.21. The number of carbonyl (C=O) groups excluding carboxylic acids is 2. The van der Waals surface area contributed by atoms with Crippen molar-refractivity contribution in [3.05, 3.63) is 47.7 Å². The second kappa shape index (κ2) is 6.92. The van der Waals surface area contributed by atoms with Crippen LogP contribution >= 0.6 is 11.8 Å². The van der Waals surface area contributed by atoms with Gasteiger partial charge in [0.05, 0.1) is 30.2 Å². The Morgan fingerprint density at radius 3 is 2.79 bits per heavy atom. The number of pyridine rings is 1.